The van der Waals surface area contributed by atoms with Crippen molar-refractivity contribution in [1.29, 1.82) is 0 Å². The van der Waals surface area contributed by atoms with Crippen molar-refractivity contribution in [2.24, 2.45) is 0 Å². The van der Waals surface area contributed by atoms with E-state index in [9.17, 15) is 0 Å². The van der Waals surface area contributed by atoms with Crippen molar-refractivity contribution in [3.8, 4) is 0 Å². The highest BCUT2D eigenvalue weighted by Gasteiger charge is 2.16. The van der Waals surface area contributed by atoms with Crippen molar-refractivity contribution in [2.45, 2.75) is 12.3 Å². The van der Waals surface area contributed by atoms with Crippen molar-refractivity contribution >= 4 is 23.4 Å². The fraction of sp³-hybridized carbons (Fsp3) is 0.600. The molecule has 0 aromatic carbocycles. The van der Waals surface area contributed by atoms with Crippen LogP contribution in [0.1, 0.15) is 6.92 Å². The number of hydrogen-bond acceptors (Lipinski definition) is 2. The van der Waals surface area contributed by atoms with Crippen LogP contribution in [0.4, 0.5) is 0 Å². The lowest BCUT2D eigenvalue weighted by Gasteiger charge is -2.16. The molecular formula is C5H8ClNS. The summed E-state index contributed by atoms with van der Waals surface area (Å²) in [6.45, 7) is 2.12. The molecule has 1 rings (SSSR count). The van der Waals surface area contributed by atoms with Crippen LogP contribution in [-0.2, 0) is 0 Å². The number of hydrogen-bond donors (Lipinski definition) is 0. The highest BCUT2D eigenvalue weighted by Crippen LogP contribution is 2.30. The molecule has 1 nitrogen and oxygen atoms in total. The van der Waals surface area contributed by atoms with Crippen molar-refractivity contribution in [2.75, 3.05) is 7.05 Å². The van der Waals surface area contributed by atoms with Gasteiger partial charge in [-0.2, -0.15) is 0 Å². The van der Waals surface area contributed by atoms with Gasteiger partial charge in [-0.15, -0.1) is 11.8 Å². The number of nitrogens with zero attached hydrogens (tertiary/aromatic N) is 1. The lowest BCUT2D eigenvalue weighted by molar-refractivity contribution is 0.447. The Morgan fingerprint density at radius 1 is 1.88 bits per heavy atom. The van der Waals surface area contributed by atoms with Crippen LogP contribution in [0.3, 0.4) is 0 Å². The summed E-state index contributed by atoms with van der Waals surface area (Å²) in [5.74, 6) is 0. The summed E-state index contributed by atoms with van der Waals surface area (Å²) >= 11 is 7.47. The molecule has 0 saturated heterocycles. The van der Waals surface area contributed by atoms with Gasteiger partial charge >= 0.3 is 0 Å². The molecule has 1 atom stereocenters. The summed E-state index contributed by atoms with van der Waals surface area (Å²) in [5.41, 5.74) is 0. The Morgan fingerprint density at radius 3 is 2.62 bits per heavy atom. The van der Waals surface area contributed by atoms with Crippen LogP contribution in [-0.4, -0.2) is 17.3 Å². The lowest BCUT2D eigenvalue weighted by Crippen LogP contribution is -2.17. The summed E-state index contributed by atoms with van der Waals surface area (Å²) in [6, 6.07) is 0. The summed E-state index contributed by atoms with van der Waals surface area (Å²) in [5, 5.41) is 3.33. The topological polar surface area (TPSA) is 3.24 Å². The van der Waals surface area contributed by atoms with E-state index in [-0.39, 0.29) is 0 Å². The summed E-state index contributed by atoms with van der Waals surface area (Å²) < 4.78 is 0. The van der Waals surface area contributed by atoms with Crippen LogP contribution in [0.5, 0.6) is 0 Å². The van der Waals surface area contributed by atoms with Gasteiger partial charge < -0.3 is 4.90 Å². The molecule has 0 radical (unpaired) electrons. The van der Waals surface area contributed by atoms with Crippen molar-refractivity contribution in [3.63, 3.8) is 0 Å². The van der Waals surface area contributed by atoms with Gasteiger partial charge in [-0.25, -0.2) is 0 Å². The molecular weight excluding hydrogens is 142 g/mol. The maximum absolute atomic E-state index is 5.72. The van der Waals surface area contributed by atoms with E-state index < -0.39 is 0 Å². The molecule has 1 aliphatic rings. The van der Waals surface area contributed by atoms with Gasteiger partial charge in [-0.05, 0) is 6.92 Å². The normalized spacial score (nSPS) is 28.6. The Kier molecular flexibility index (Phi) is 1.73. The summed E-state index contributed by atoms with van der Waals surface area (Å²) in [4.78, 5) is 2.03. The third-order valence-electron chi connectivity index (χ3n) is 1.24. The minimum atomic E-state index is 0.516. The summed E-state index contributed by atoms with van der Waals surface area (Å²) in [6.07, 6.45) is 0. The van der Waals surface area contributed by atoms with Crippen LogP contribution in [0.25, 0.3) is 0 Å². The number of thioether (sulfide) groups is 1. The van der Waals surface area contributed by atoms with Crippen LogP contribution in [0.15, 0.2) is 10.6 Å². The minimum absolute atomic E-state index is 0.516. The molecule has 1 heterocycles. The molecule has 0 spiro atoms. The molecule has 3 heteroatoms. The van der Waals surface area contributed by atoms with E-state index in [4.69, 9.17) is 11.6 Å². The Balaban J connectivity index is 2.59. The maximum atomic E-state index is 5.72. The van der Waals surface area contributed by atoms with E-state index in [2.05, 4.69) is 6.92 Å². The second-order valence-electron chi connectivity index (χ2n) is 1.79. The largest absolute Gasteiger partial charge is 0.353 e. The molecule has 0 amide bonds. The molecule has 46 valence electrons. The summed E-state index contributed by atoms with van der Waals surface area (Å²) in [7, 11) is 1.99. The molecule has 0 N–H and O–H groups in total. The van der Waals surface area contributed by atoms with Gasteiger partial charge in [0.2, 0.25) is 0 Å². The first kappa shape index (κ1) is 6.30. The van der Waals surface area contributed by atoms with Gasteiger partial charge in [-0.1, -0.05) is 11.6 Å². The maximum Gasteiger partial charge on any atom is 0.111 e. The molecule has 0 fully saturated rings. The van der Waals surface area contributed by atoms with E-state index in [0.29, 0.717) is 5.37 Å². The van der Waals surface area contributed by atoms with Gasteiger partial charge in [0.15, 0.2) is 0 Å². The van der Waals surface area contributed by atoms with Crippen LogP contribution in [0.2, 0.25) is 0 Å². The quantitative estimate of drug-likeness (QED) is 0.485. The third-order valence-corrected chi connectivity index (χ3v) is 2.82. The van der Waals surface area contributed by atoms with Gasteiger partial charge in [0, 0.05) is 12.5 Å². The smallest absolute Gasteiger partial charge is 0.111 e. The second-order valence-corrected chi connectivity index (χ2v) is 3.36. The molecule has 1 unspecified atom stereocenters. The lowest BCUT2D eigenvalue weighted by atomic mass is 10.6. The third kappa shape index (κ3) is 0.955. The molecule has 0 aromatic heterocycles. The second kappa shape index (κ2) is 2.19. The number of rotatable bonds is 0. The van der Waals surface area contributed by atoms with Gasteiger partial charge in [-0.3, -0.25) is 0 Å². The van der Waals surface area contributed by atoms with Gasteiger partial charge in [0.1, 0.15) is 5.16 Å². The SMILES string of the molecule is CC1SC=C(Cl)N1C. The zero-order valence-corrected chi connectivity index (χ0v) is 6.46. The Hall–Kier alpha value is 0.180. The Morgan fingerprint density at radius 2 is 2.50 bits per heavy atom. The average Bonchev–Trinajstić information content (AvgIpc) is 1.98. The van der Waals surface area contributed by atoms with Crippen molar-refractivity contribution < 1.29 is 0 Å². The van der Waals surface area contributed by atoms with E-state index in [1.165, 1.54) is 0 Å². The van der Waals surface area contributed by atoms with Crippen LogP contribution in [0, 0.1) is 0 Å². The average molecular weight is 150 g/mol. The predicted octanol–water partition coefficient (Wildman–Crippen LogP) is 2.05. The van der Waals surface area contributed by atoms with Gasteiger partial charge in [0.05, 0.1) is 5.37 Å². The Bertz CT molecular complexity index is 124. The molecule has 0 aliphatic carbocycles. The predicted molar refractivity (Wildman–Crippen MR) is 38.8 cm³/mol. The highest BCUT2D eigenvalue weighted by atomic mass is 35.5. The first-order valence-electron chi connectivity index (χ1n) is 2.46. The standard InChI is InChI=1S/C5H8ClNS/c1-4-7(2)5(6)3-8-4/h3-4H,1-2H3. The molecule has 0 aromatic rings. The van der Waals surface area contributed by atoms with E-state index >= 15 is 0 Å². The highest BCUT2D eigenvalue weighted by molar-refractivity contribution is 8.02. The van der Waals surface area contributed by atoms with E-state index in [1.807, 2.05) is 17.4 Å². The first-order valence-corrected chi connectivity index (χ1v) is 3.78. The zero-order valence-electron chi connectivity index (χ0n) is 4.89. The minimum Gasteiger partial charge on any atom is -0.353 e. The van der Waals surface area contributed by atoms with Crippen molar-refractivity contribution in [1.82, 2.24) is 4.90 Å². The van der Waals surface area contributed by atoms with E-state index in [1.54, 1.807) is 11.8 Å². The first-order chi connectivity index (χ1) is 3.72. The fourth-order valence-electron chi connectivity index (χ4n) is 0.503. The zero-order chi connectivity index (χ0) is 6.15. The van der Waals surface area contributed by atoms with E-state index in [0.717, 1.165) is 5.16 Å². The molecule has 0 bridgehead atoms. The van der Waals surface area contributed by atoms with Gasteiger partial charge in [0.25, 0.3) is 0 Å². The monoisotopic (exact) mass is 149 g/mol. The number of halogens is 1. The van der Waals surface area contributed by atoms with Crippen LogP contribution >= 0.6 is 23.4 Å². The fourth-order valence-corrected chi connectivity index (χ4v) is 1.63. The Labute approximate surface area is 58.7 Å². The van der Waals surface area contributed by atoms with Crippen molar-refractivity contribution in [3.05, 3.63) is 10.6 Å². The molecule has 1 aliphatic heterocycles. The molecule has 8 heavy (non-hydrogen) atoms. The molecule has 0 saturated carbocycles. The van der Waals surface area contributed by atoms with Crippen LogP contribution < -0.4 is 0 Å².